The van der Waals surface area contributed by atoms with Crippen molar-refractivity contribution in [2.75, 3.05) is 0 Å². The number of benzene rings is 4. The third-order valence-corrected chi connectivity index (χ3v) is 4.95. The van der Waals surface area contributed by atoms with Crippen LogP contribution in [0.15, 0.2) is 91.0 Å². The number of nitrogens with zero attached hydrogens (tertiary/aromatic N) is 2. The zero-order valence-electron chi connectivity index (χ0n) is 15.1. The molecule has 0 saturated carbocycles. The van der Waals surface area contributed by atoms with Gasteiger partial charge >= 0.3 is 0 Å². The molecule has 1 heterocycles. The first kappa shape index (κ1) is 15.7. The predicted octanol–water partition coefficient (Wildman–Crippen LogP) is 6.43. The van der Waals surface area contributed by atoms with E-state index in [9.17, 15) is 0 Å². The Bertz CT molecular complexity index is 1280. The van der Waals surface area contributed by atoms with Gasteiger partial charge in [-0.3, -0.25) is 0 Å². The van der Waals surface area contributed by atoms with Crippen molar-refractivity contribution in [3.8, 4) is 22.5 Å². The molecule has 0 aliphatic carbocycles. The first-order chi connectivity index (χ1) is 13.3. The predicted molar refractivity (Wildman–Crippen MR) is 113 cm³/mol. The van der Waals surface area contributed by atoms with Crippen LogP contribution in [0.3, 0.4) is 0 Å². The summed E-state index contributed by atoms with van der Waals surface area (Å²) in [4.78, 5) is 9.44. The maximum Gasteiger partial charge on any atom is 0.126 e. The maximum absolute atomic E-state index is 4.73. The smallest absolute Gasteiger partial charge is 0.126 e. The summed E-state index contributed by atoms with van der Waals surface area (Å²) in [6, 6.07) is 31.8. The van der Waals surface area contributed by atoms with Gasteiger partial charge in [0.1, 0.15) is 5.82 Å². The zero-order valence-corrected chi connectivity index (χ0v) is 15.1. The van der Waals surface area contributed by atoms with Gasteiger partial charge in [-0.05, 0) is 40.6 Å². The highest BCUT2D eigenvalue weighted by molar-refractivity contribution is 5.96. The molecule has 0 fully saturated rings. The van der Waals surface area contributed by atoms with Crippen LogP contribution in [0, 0.1) is 6.92 Å². The Hall–Kier alpha value is -3.52. The summed E-state index contributed by atoms with van der Waals surface area (Å²) in [6.07, 6.45) is 0. The second-order valence-corrected chi connectivity index (χ2v) is 6.77. The Morgan fingerprint density at radius 2 is 1.26 bits per heavy atom. The number of aryl methyl sites for hydroxylation is 1. The molecule has 0 bridgehead atoms. The van der Waals surface area contributed by atoms with Crippen molar-refractivity contribution in [3.05, 3.63) is 96.8 Å². The summed E-state index contributed by atoms with van der Waals surface area (Å²) in [5.74, 6) is 0.781. The lowest BCUT2D eigenvalue weighted by Crippen LogP contribution is -1.95. The van der Waals surface area contributed by atoms with Crippen LogP contribution in [0.1, 0.15) is 5.82 Å². The number of hydrogen-bond donors (Lipinski definition) is 0. The van der Waals surface area contributed by atoms with E-state index in [2.05, 4.69) is 91.0 Å². The summed E-state index contributed by atoms with van der Waals surface area (Å²) in [6.45, 7) is 1.96. The number of aromatic nitrogens is 2. The molecule has 2 heteroatoms. The Morgan fingerprint density at radius 1 is 0.556 bits per heavy atom. The summed E-state index contributed by atoms with van der Waals surface area (Å²) in [5, 5.41) is 4.89. The molecule has 2 nitrogen and oxygen atoms in total. The monoisotopic (exact) mass is 346 g/mol. The van der Waals surface area contributed by atoms with E-state index in [1.54, 1.807) is 0 Å². The lowest BCUT2D eigenvalue weighted by molar-refractivity contribution is 1.06. The molecule has 4 aromatic carbocycles. The number of hydrogen-bond acceptors (Lipinski definition) is 2. The van der Waals surface area contributed by atoms with Crippen molar-refractivity contribution in [2.45, 2.75) is 6.92 Å². The summed E-state index contributed by atoms with van der Waals surface area (Å²) >= 11 is 0. The van der Waals surface area contributed by atoms with E-state index in [-0.39, 0.29) is 0 Å². The highest BCUT2D eigenvalue weighted by Crippen LogP contribution is 2.30. The van der Waals surface area contributed by atoms with Gasteiger partial charge in [-0.2, -0.15) is 0 Å². The van der Waals surface area contributed by atoms with Gasteiger partial charge in [0.15, 0.2) is 0 Å². The molecule has 5 aromatic rings. The Labute approximate surface area is 158 Å². The van der Waals surface area contributed by atoms with Crippen LogP contribution < -0.4 is 0 Å². The minimum Gasteiger partial charge on any atom is -0.233 e. The third-order valence-electron chi connectivity index (χ3n) is 4.95. The van der Waals surface area contributed by atoms with Crippen LogP contribution in [-0.4, -0.2) is 9.97 Å². The van der Waals surface area contributed by atoms with Crippen LogP contribution in [0.25, 0.3) is 44.1 Å². The van der Waals surface area contributed by atoms with Gasteiger partial charge in [0.2, 0.25) is 0 Å². The Morgan fingerprint density at radius 3 is 2.15 bits per heavy atom. The number of fused-ring (bicyclic) bond motifs is 2. The number of rotatable bonds is 2. The fourth-order valence-electron chi connectivity index (χ4n) is 3.65. The standard InChI is InChI=1S/C25H18N2/c1-17-26-24(21-14-13-18-7-2-3-9-20(18)15-21)16-25(27-17)23-12-6-10-19-8-4-5-11-22(19)23/h2-16H,1H3. The molecule has 0 aliphatic heterocycles. The van der Waals surface area contributed by atoms with Crippen molar-refractivity contribution in [1.82, 2.24) is 9.97 Å². The van der Waals surface area contributed by atoms with Crippen LogP contribution in [0.2, 0.25) is 0 Å². The molecule has 0 saturated heterocycles. The quantitative estimate of drug-likeness (QED) is 0.368. The molecule has 0 unspecified atom stereocenters. The fraction of sp³-hybridized carbons (Fsp3) is 0.0400. The fourth-order valence-corrected chi connectivity index (χ4v) is 3.65. The zero-order chi connectivity index (χ0) is 18.2. The summed E-state index contributed by atoms with van der Waals surface area (Å²) < 4.78 is 0. The molecule has 27 heavy (non-hydrogen) atoms. The second-order valence-electron chi connectivity index (χ2n) is 6.77. The van der Waals surface area contributed by atoms with Crippen molar-refractivity contribution in [1.29, 1.82) is 0 Å². The molecular weight excluding hydrogens is 328 g/mol. The molecule has 128 valence electrons. The topological polar surface area (TPSA) is 25.8 Å². The summed E-state index contributed by atoms with van der Waals surface area (Å²) in [7, 11) is 0. The lowest BCUT2D eigenvalue weighted by atomic mass is 10.00. The molecule has 0 N–H and O–H groups in total. The highest BCUT2D eigenvalue weighted by atomic mass is 14.9. The Balaban J connectivity index is 1.70. The van der Waals surface area contributed by atoms with E-state index in [0.717, 1.165) is 28.3 Å². The third kappa shape index (κ3) is 2.85. The van der Waals surface area contributed by atoms with Gasteiger partial charge in [-0.25, -0.2) is 9.97 Å². The normalized spacial score (nSPS) is 11.1. The first-order valence-electron chi connectivity index (χ1n) is 9.11. The van der Waals surface area contributed by atoms with Gasteiger partial charge in [-0.1, -0.05) is 78.9 Å². The van der Waals surface area contributed by atoms with E-state index in [4.69, 9.17) is 9.97 Å². The minimum absolute atomic E-state index is 0.781. The second kappa shape index (κ2) is 6.33. The van der Waals surface area contributed by atoms with Crippen LogP contribution >= 0.6 is 0 Å². The van der Waals surface area contributed by atoms with Crippen LogP contribution in [-0.2, 0) is 0 Å². The maximum atomic E-state index is 4.73. The van der Waals surface area contributed by atoms with Gasteiger partial charge in [0.05, 0.1) is 11.4 Å². The average molecular weight is 346 g/mol. The SMILES string of the molecule is Cc1nc(-c2ccc3ccccc3c2)cc(-c2cccc3ccccc23)n1. The first-order valence-corrected chi connectivity index (χ1v) is 9.11. The van der Waals surface area contributed by atoms with Crippen molar-refractivity contribution < 1.29 is 0 Å². The molecule has 0 radical (unpaired) electrons. The van der Waals surface area contributed by atoms with Gasteiger partial charge < -0.3 is 0 Å². The van der Waals surface area contributed by atoms with E-state index >= 15 is 0 Å². The van der Waals surface area contributed by atoms with E-state index < -0.39 is 0 Å². The molecule has 0 spiro atoms. The van der Waals surface area contributed by atoms with Gasteiger partial charge in [0.25, 0.3) is 0 Å². The molecule has 0 aliphatic rings. The summed E-state index contributed by atoms with van der Waals surface area (Å²) in [5.41, 5.74) is 4.17. The van der Waals surface area contributed by atoms with E-state index in [1.807, 2.05) is 6.92 Å². The Kier molecular flexibility index (Phi) is 3.68. The van der Waals surface area contributed by atoms with Crippen LogP contribution in [0.4, 0.5) is 0 Å². The van der Waals surface area contributed by atoms with E-state index in [1.165, 1.54) is 21.5 Å². The van der Waals surface area contributed by atoms with Crippen molar-refractivity contribution >= 4 is 21.5 Å². The molecule has 0 atom stereocenters. The largest absolute Gasteiger partial charge is 0.233 e. The molecule has 5 rings (SSSR count). The van der Waals surface area contributed by atoms with Crippen molar-refractivity contribution in [3.63, 3.8) is 0 Å². The lowest BCUT2D eigenvalue weighted by Gasteiger charge is -2.10. The molecule has 1 aromatic heterocycles. The van der Waals surface area contributed by atoms with Gasteiger partial charge in [-0.15, -0.1) is 0 Å². The average Bonchev–Trinajstić information content (AvgIpc) is 2.72. The minimum atomic E-state index is 0.781. The molecule has 0 amide bonds. The highest BCUT2D eigenvalue weighted by Gasteiger charge is 2.10. The molecular formula is C25H18N2. The van der Waals surface area contributed by atoms with Gasteiger partial charge in [0, 0.05) is 11.1 Å². The van der Waals surface area contributed by atoms with Crippen molar-refractivity contribution in [2.24, 2.45) is 0 Å². The van der Waals surface area contributed by atoms with Crippen LogP contribution in [0.5, 0.6) is 0 Å². The van der Waals surface area contributed by atoms with E-state index in [0.29, 0.717) is 0 Å².